The molecule has 0 spiro atoms. The number of halogens is 2. The van der Waals surface area contributed by atoms with Gasteiger partial charge in [-0.1, -0.05) is 18.0 Å². The fraction of sp³-hybridized carbons (Fsp3) is 0.364. The second-order valence-electron chi connectivity index (χ2n) is 4.31. The van der Waals surface area contributed by atoms with Crippen molar-refractivity contribution in [1.29, 1.82) is 0 Å². The minimum Gasteiger partial charge on any atom is -0.323 e. The van der Waals surface area contributed by atoms with E-state index in [1.54, 1.807) is 6.07 Å². The Morgan fingerprint density at radius 3 is 2.67 bits per heavy atom. The van der Waals surface area contributed by atoms with E-state index < -0.39 is 0 Å². The van der Waals surface area contributed by atoms with Crippen LogP contribution in [0.5, 0.6) is 0 Å². The number of anilines is 2. The van der Waals surface area contributed by atoms with Gasteiger partial charge in [-0.2, -0.15) is 5.10 Å². The van der Waals surface area contributed by atoms with Crippen molar-refractivity contribution in [2.75, 3.05) is 5.32 Å². The van der Waals surface area contributed by atoms with E-state index in [9.17, 15) is 0 Å². The summed E-state index contributed by atoms with van der Waals surface area (Å²) >= 11 is 11.5. The molecule has 2 N–H and O–H groups in total. The molecule has 1 aliphatic carbocycles. The van der Waals surface area contributed by atoms with Crippen molar-refractivity contribution in [2.24, 2.45) is 0 Å². The number of H-pyrrole nitrogens is 1. The first-order chi connectivity index (χ1) is 8.70. The van der Waals surface area contributed by atoms with E-state index >= 15 is 0 Å². The topological polar surface area (TPSA) is 66.5 Å². The maximum absolute atomic E-state index is 5.80. The lowest BCUT2D eigenvalue weighted by atomic mass is 9.83. The molecule has 0 atom stereocenters. The number of hydrogen-bond donors (Lipinski definition) is 2. The summed E-state index contributed by atoms with van der Waals surface area (Å²) in [5.41, 5.74) is 1.16. The summed E-state index contributed by atoms with van der Waals surface area (Å²) in [6.45, 7) is 0. The Hall–Kier alpha value is -1.33. The first-order valence-corrected chi connectivity index (χ1v) is 6.49. The lowest BCUT2D eigenvalue weighted by Crippen LogP contribution is -2.08. The standard InChI is InChI=1S/C11H11Cl2N5/c12-8-5-9(16-11(13)14-8)15-10-4-7(17-18-10)6-2-1-3-6/h4-6H,1-3H2,(H2,14,15,16,17,18). The maximum atomic E-state index is 5.80. The summed E-state index contributed by atoms with van der Waals surface area (Å²) in [7, 11) is 0. The van der Waals surface area contributed by atoms with Crippen molar-refractivity contribution in [3.63, 3.8) is 0 Å². The van der Waals surface area contributed by atoms with Gasteiger partial charge in [0.15, 0.2) is 5.82 Å². The van der Waals surface area contributed by atoms with Crippen molar-refractivity contribution < 1.29 is 0 Å². The largest absolute Gasteiger partial charge is 0.323 e. The highest BCUT2D eigenvalue weighted by Gasteiger charge is 2.21. The minimum absolute atomic E-state index is 0.111. The average Bonchev–Trinajstić information content (AvgIpc) is 2.61. The predicted molar refractivity (Wildman–Crippen MR) is 70.5 cm³/mol. The summed E-state index contributed by atoms with van der Waals surface area (Å²) in [4.78, 5) is 7.81. The molecule has 0 saturated heterocycles. The van der Waals surface area contributed by atoms with Gasteiger partial charge >= 0.3 is 0 Å². The molecule has 2 aromatic rings. The molecule has 0 bridgehead atoms. The number of rotatable bonds is 3. The van der Waals surface area contributed by atoms with Crippen LogP contribution in [0.25, 0.3) is 0 Å². The van der Waals surface area contributed by atoms with Gasteiger partial charge in [0.05, 0.1) is 0 Å². The highest BCUT2D eigenvalue weighted by molar-refractivity contribution is 6.32. The summed E-state index contributed by atoms with van der Waals surface area (Å²) < 4.78 is 0. The number of hydrogen-bond acceptors (Lipinski definition) is 4. The molecular weight excluding hydrogens is 273 g/mol. The van der Waals surface area contributed by atoms with Gasteiger partial charge in [0, 0.05) is 23.7 Å². The van der Waals surface area contributed by atoms with Gasteiger partial charge in [0.1, 0.15) is 11.0 Å². The van der Waals surface area contributed by atoms with Crippen LogP contribution in [0.3, 0.4) is 0 Å². The molecule has 94 valence electrons. The van der Waals surface area contributed by atoms with Crippen LogP contribution in [0.2, 0.25) is 10.4 Å². The molecule has 0 unspecified atom stereocenters. The maximum Gasteiger partial charge on any atom is 0.225 e. The molecule has 2 heterocycles. The van der Waals surface area contributed by atoms with E-state index in [1.807, 2.05) is 6.07 Å². The highest BCUT2D eigenvalue weighted by Crippen LogP contribution is 2.36. The van der Waals surface area contributed by atoms with Crippen LogP contribution in [-0.2, 0) is 0 Å². The third kappa shape index (κ3) is 2.42. The van der Waals surface area contributed by atoms with E-state index in [1.165, 1.54) is 19.3 Å². The van der Waals surface area contributed by atoms with E-state index in [4.69, 9.17) is 23.2 Å². The third-order valence-electron chi connectivity index (χ3n) is 3.07. The molecule has 18 heavy (non-hydrogen) atoms. The molecule has 5 nitrogen and oxygen atoms in total. The van der Waals surface area contributed by atoms with E-state index in [2.05, 4.69) is 25.5 Å². The molecule has 0 aliphatic heterocycles. The smallest absolute Gasteiger partial charge is 0.225 e. The molecule has 1 saturated carbocycles. The second kappa shape index (κ2) is 4.74. The van der Waals surface area contributed by atoms with Crippen molar-refractivity contribution >= 4 is 34.8 Å². The molecule has 7 heteroatoms. The van der Waals surface area contributed by atoms with Crippen LogP contribution in [0, 0.1) is 0 Å². The number of aromatic amines is 1. The average molecular weight is 284 g/mol. The second-order valence-corrected chi connectivity index (χ2v) is 5.03. The fourth-order valence-corrected chi connectivity index (χ4v) is 2.32. The molecule has 0 radical (unpaired) electrons. The van der Waals surface area contributed by atoms with Crippen molar-refractivity contribution in [2.45, 2.75) is 25.2 Å². The minimum atomic E-state index is 0.111. The third-order valence-corrected chi connectivity index (χ3v) is 3.43. The number of nitrogens with one attached hydrogen (secondary N) is 2. The molecule has 0 aromatic carbocycles. The van der Waals surface area contributed by atoms with Crippen LogP contribution in [0.1, 0.15) is 30.9 Å². The normalized spacial score (nSPS) is 15.4. The van der Waals surface area contributed by atoms with Gasteiger partial charge < -0.3 is 5.32 Å². The van der Waals surface area contributed by atoms with Gasteiger partial charge in [-0.05, 0) is 24.4 Å². The van der Waals surface area contributed by atoms with Crippen LogP contribution >= 0.6 is 23.2 Å². The molecular formula is C11H11Cl2N5. The molecule has 0 amide bonds. The SMILES string of the molecule is Clc1cc(Nc2cc(C3CCC3)[nH]n2)nc(Cl)n1. The Morgan fingerprint density at radius 2 is 2.00 bits per heavy atom. The van der Waals surface area contributed by atoms with Crippen molar-refractivity contribution in [1.82, 2.24) is 20.2 Å². The van der Waals surface area contributed by atoms with Crippen molar-refractivity contribution in [3.8, 4) is 0 Å². The fourth-order valence-electron chi connectivity index (χ4n) is 1.91. The summed E-state index contributed by atoms with van der Waals surface area (Å²) in [6, 6.07) is 3.60. The van der Waals surface area contributed by atoms with Gasteiger partial charge in [-0.3, -0.25) is 5.10 Å². The molecule has 3 rings (SSSR count). The Bertz CT molecular complexity index is 544. The summed E-state index contributed by atoms with van der Waals surface area (Å²) in [5, 5.41) is 10.7. The zero-order valence-corrected chi connectivity index (χ0v) is 11.0. The quantitative estimate of drug-likeness (QED) is 0.668. The van der Waals surface area contributed by atoms with E-state index in [0.29, 0.717) is 22.7 Å². The Labute approximate surface area is 114 Å². The van der Waals surface area contributed by atoms with Gasteiger partial charge in [-0.25, -0.2) is 9.97 Å². The Morgan fingerprint density at radius 1 is 1.17 bits per heavy atom. The number of aromatic nitrogens is 4. The molecule has 1 aliphatic rings. The molecule has 1 fully saturated rings. The van der Waals surface area contributed by atoms with Crippen LogP contribution in [0.15, 0.2) is 12.1 Å². The van der Waals surface area contributed by atoms with Crippen LogP contribution < -0.4 is 5.32 Å². The molecule has 2 aromatic heterocycles. The van der Waals surface area contributed by atoms with Crippen LogP contribution in [0.4, 0.5) is 11.6 Å². The zero-order chi connectivity index (χ0) is 12.5. The van der Waals surface area contributed by atoms with Gasteiger partial charge in [-0.15, -0.1) is 0 Å². The van der Waals surface area contributed by atoms with E-state index in [-0.39, 0.29) is 5.28 Å². The van der Waals surface area contributed by atoms with E-state index in [0.717, 1.165) is 5.69 Å². The Balaban J connectivity index is 1.77. The highest BCUT2D eigenvalue weighted by atomic mass is 35.5. The van der Waals surface area contributed by atoms with Crippen LogP contribution in [-0.4, -0.2) is 20.2 Å². The van der Waals surface area contributed by atoms with Crippen molar-refractivity contribution in [3.05, 3.63) is 28.3 Å². The Kier molecular flexibility index (Phi) is 3.09. The first kappa shape index (κ1) is 11.7. The monoisotopic (exact) mass is 283 g/mol. The zero-order valence-electron chi connectivity index (χ0n) is 9.45. The summed E-state index contributed by atoms with van der Waals surface area (Å²) in [5.74, 6) is 1.86. The van der Waals surface area contributed by atoms with Gasteiger partial charge in [0.2, 0.25) is 5.28 Å². The predicted octanol–water partition coefficient (Wildman–Crippen LogP) is 3.52. The first-order valence-electron chi connectivity index (χ1n) is 5.73. The van der Waals surface area contributed by atoms with Gasteiger partial charge in [0.25, 0.3) is 0 Å². The lowest BCUT2D eigenvalue weighted by molar-refractivity contribution is 0.410. The summed E-state index contributed by atoms with van der Waals surface area (Å²) in [6.07, 6.45) is 3.75. The lowest BCUT2D eigenvalue weighted by Gasteiger charge is -2.23. The number of nitrogens with zero attached hydrogens (tertiary/aromatic N) is 3.